The zero-order valence-electron chi connectivity index (χ0n) is 15.2. The van der Waals surface area contributed by atoms with Gasteiger partial charge in [-0.05, 0) is 37.1 Å². The normalized spacial score (nSPS) is 18.9. The summed E-state index contributed by atoms with van der Waals surface area (Å²) in [5, 5.41) is 6.38. The molecule has 2 aromatic carbocycles. The molecule has 146 valence electrons. The molecule has 2 aromatic rings. The van der Waals surface area contributed by atoms with Gasteiger partial charge in [-0.2, -0.15) is 0 Å². The molecular formula is C20H19Cl2N3O3. The van der Waals surface area contributed by atoms with Gasteiger partial charge in [0.2, 0.25) is 5.91 Å². The summed E-state index contributed by atoms with van der Waals surface area (Å²) in [5.41, 5.74) is 0.200. The van der Waals surface area contributed by atoms with Crippen molar-refractivity contribution in [2.24, 2.45) is 0 Å². The molecule has 0 bridgehead atoms. The Morgan fingerprint density at radius 3 is 2.46 bits per heavy atom. The van der Waals surface area contributed by atoms with E-state index >= 15 is 0 Å². The first-order valence-corrected chi connectivity index (χ1v) is 9.47. The van der Waals surface area contributed by atoms with Crippen molar-refractivity contribution in [1.82, 2.24) is 15.5 Å². The van der Waals surface area contributed by atoms with E-state index in [1.807, 2.05) is 12.1 Å². The Morgan fingerprint density at radius 2 is 1.79 bits per heavy atom. The molecule has 1 aliphatic heterocycles. The van der Waals surface area contributed by atoms with Crippen LogP contribution < -0.4 is 10.6 Å². The minimum atomic E-state index is -1.31. The highest BCUT2D eigenvalue weighted by Crippen LogP contribution is 2.33. The van der Waals surface area contributed by atoms with Crippen molar-refractivity contribution in [2.75, 3.05) is 13.1 Å². The molecule has 1 unspecified atom stereocenters. The first-order chi connectivity index (χ1) is 13.3. The van der Waals surface area contributed by atoms with E-state index in [1.54, 1.807) is 43.3 Å². The second kappa shape index (κ2) is 8.20. The summed E-state index contributed by atoms with van der Waals surface area (Å²) in [5.74, 6) is -0.931. The number of rotatable bonds is 6. The summed E-state index contributed by atoms with van der Waals surface area (Å²) < 4.78 is 0. The Labute approximate surface area is 172 Å². The third-order valence-corrected chi connectivity index (χ3v) is 5.22. The third kappa shape index (κ3) is 4.13. The van der Waals surface area contributed by atoms with Crippen LogP contribution in [0.5, 0.6) is 0 Å². The fraction of sp³-hybridized carbons (Fsp3) is 0.250. The molecule has 3 rings (SSSR count). The average Bonchev–Trinajstić information content (AvgIpc) is 2.87. The molecule has 1 saturated heterocycles. The van der Waals surface area contributed by atoms with Gasteiger partial charge in [0.1, 0.15) is 12.1 Å². The Bertz CT molecular complexity index is 917. The first kappa shape index (κ1) is 20.2. The van der Waals surface area contributed by atoms with Crippen molar-refractivity contribution >= 4 is 41.0 Å². The highest BCUT2D eigenvalue weighted by atomic mass is 35.5. The molecule has 0 spiro atoms. The highest BCUT2D eigenvalue weighted by Gasteiger charge is 2.50. The number of nitrogens with one attached hydrogen (secondary N) is 2. The minimum absolute atomic E-state index is 0.356. The summed E-state index contributed by atoms with van der Waals surface area (Å²) in [6.07, 6.45) is 0.611. The Kier molecular flexibility index (Phi) is 5.91. The molecular weight excluding hydrogens is 401 g/mol. The molecule has 1 aliphatic rings. The van der Waals surface area contributed by atoms with Crippen LogP contribution in [0, 0.1) is 0 Å². The molecule has 1 fully saturated rings. The summed E-state index contributed by atoms with van der Waals surface area (Å²) in [7, 11) is 0. The third-order valence-electron chi connectivity index (χ3n) is 4.64. The summed E-state index contributed by atoms with van der Waals surface area (Å²) in [6.45, 7) is 1.60. The number of hydrogen-bond acceptors (Lipinski definition) is 3. The van der Waals surface area contributed by atoms with E-state index in [9.17, 15) is 14.4 Å². The van der Waals surface area contributed by atoms with Crippen LogP contribution in [0.15, 0.2) is 48.5 Å². The molecule has 1 heterocycles. The van der Waals surface area contributed by atoms with Gasteiger partial charge in [-0.25, -0.2) is 4.79 Å². The molecule has 1 atom stereocenters. The van der Waals surface area contributed by atoms with Crippen molar-refractivity contribution in [2.45, 2.75) is 18.9 Å². The van der Waals surface area contributed by atoms with Gasteiger partial charge >= 0.3 is 6.03 Å². The maximum atomic E-state index is 12.8. The number of halogens is 2. The van der Waals surface area contributed by atoms with Gasteiger partial charge in [-0.3, -0.25) is 14.5 Å². The van der Waals surface area contributed by atoms with Crippen LogP contribution >= 0.6 is 23.2 Å². The second-order valence-corrected chi connectivity index (χ2v) is 7.50. The molecule has 6 nitrogen and oxygen atoms in total. The molecule has 28 heavy (non-hydrogen) atoms. The van der Waals surface area contributed by atoms with Gasteiger partial charge in [0.05, 0.1) is 0 Å². The lowest BCUT2D eigenvalue weighted by atomic mass is 9.92. The Morgan fingerprint density at radius 1 is 1.11 bits per heavy atom. The number of imide groups is 1. The topological polar surface area (TPSA) is 78.5 Å². The number of nitrogens with zero attached hydrogens (tertiary/aromatic N) is 1. The molecule has 4 amide bonds. The quantitative estimate of drug-likeness (QED) is 0.705. The van der Waals surface area contributed by atoms with Crippen molar-refractivity contribution in [3.05, 3.63) is 69.7 Å². The van der Waals surface area contributed by atoms with Gasteiger partial charge in [0, 0.05) is 22.2 Å². The lowest BCUT2D eigenvalue weighted by Crippen LogP contribution is -2.43. The van der Waals surface area contributed by atoms with Crippen molar-refractivity contribution in [3.8, 4) is 0 Å². The Hall–Kier alpha value is -2.57. The predicted molar refractivity (Wildman–Crippen MR) is 107 cm³/mol. The summed E-state index contributed by atoms with van der Waals surface area (Å²) in [6, 6.07) is 13.5. The lowest BCUT2D eigenvalue weighted by Gasteiger charge is -2.23. The molecule has 0 aliphatic carbocycles. The van der Waals surface area contributed by atoms with Crippen LogP contribution in [0.25, 0.3) is 0 Å². The van der Waals surface area contributed by atoms with E-state index in [2.05, 4.69) is 10.6 Å². The number of benzene rings is 2. The van der Waals surface area contributed by atoms with Gasteiger partial charge in [0.15, 0.2) is 0 Å². The predicted octanol–water partition coefficient (Wildman–Crippen LogP) is 3.12. The first-order valence-electron chi connectivity index (χ1n) is 8.71. The van der Waals surface area contributed by atoms with Crippen LogP contribution in [0.1, 0.15) is 18.1 Å². The molecule has 0 radical (unpaired) electrons. The molecule has 2 N–H and O–H groups in total. The molecule has 0 aromatic heterocycles. The van der Waals surface area contributed by atoms with Crippen LogP contribution in [-0.4, -0.2) is 35.8 Å². The number of carbonyl (C=O) groups excluding carboxylic acids is 3. The van der Waals surface area contributed by atoms with Gasteiger partial charge in [-0.1, -0.05) is 53.5 Å². The van der Waals surface area contributed by atoms with E-state index in [0.29, 0.717) is 28.6 Å². The number of amides is 4. The van der Waals surface area contributed by atoms with Gasteiger partial charge in [-0.15, -0.1) is 0 Å². The summed E-state index contributed by atoms with van der Waals surface area (Å²) >= 11 is 12.0. The van der Waals surface area contributed by atoms with Crippen molar-refractivity contribution in [3.63, 3.8) is 0 Å². The monoisotopic (exact) mass is 419 g/mol. The number of urea groups is 1. The standard InChI is InChI=1S/C20H19Cl2N3O3/c1-20(15-4-2-3-5-16(15)22)18(27)25(19(28)24-20)12-17(26)23-11-10-13-6-8-14(21)9-7-13/h2-9H,10-12H2,1H3,(H,23,26)(H,24,28). The molecule has 8 heteroatoms. The minimum Gasteiger partial charge on any atom is -0.354 e. The van der Waals surface area contributed by atoms with E-state index in [0.717, 1.165) is 10.5 Å². The maximum absolute atomic E-state index is 12.8. The van der Waals surface area contributed by atoms with Crippen molar-refractivity contribution in [1.29, 1.82) is 0 Å². The van der Waals surface area contributed by atoms with E-state index in [-0.39, 0.29) is 6.54 Å². The van der Waals surface area contributed by atoms with E-state index < -0.39 is 23.4 Å². The van der Waals surface area contributed by atoms with Gasteiger partial charge in [0.25, 0.3) is 5.91 Å². The van der Waals surface area contributed by atoms with Crippen LogP contribution in [0.3, 0.4) is 0 Å². The number of carbonyl (C=O) groups is 3. The largest absolute Gasteiger partial charge is 0.354 e. The average molecular weight is 420 g/mol. The highest BCUT2D eigenvalue weighted by molar-refractivity contribution is 6.32. The van der Waals surface area contributed by atoms with E-state index in [1.165, 1.54) is 0 Å². The fourth-order valence-corrected chi connectivity index (χ4v) is 3.54. The van der Waals surface area contributed by atoms with Crippen LogP contribution in [0.4, 0.5) is 4.79 Å². The molecule has 0 saturated carbocycles. The zero-order valence-corrected chi connectivity index (χ0v) is 16.7. The van der Waals surface area contributed by atoms with E-state index in [4.69, 9.17) is 23.2 Å². The van der Waals surface area contributed by atoms with Crippen LogP contribution in [-0.2, 0) is 21.5 Å². The Balaban J connectivity index is 1.60. The van der Waals surface area contributed by atoms with Crippen molar-refractivity contribution < 1.29 is 14.4 Å². The SMILES string of the molecule is CC1(c2ccccc2Cl)NC(=O)N(CC(=O)NCCc2ccc(Cl)cc2)C1=O. The van der Waals surface area contributed by atoms with Gasteiger partial charge < -0.3 is 10.6 Å². The second-order valence-electron chi connectivity index (χ2n) is 6.65. The van der Waals surface area contributed by atoms with Crippen LogP contribution in [0.2, 0.25) is 10.0 Å². The number of hydrogen-bond donors (Lipinski definition) is 2. The lowest BCUT2D eigenvalue weighted by molar-refractivity contribution is -0.134. The fourth-order valence-electron chi connectivity index (χ4n) is 3.09. The smallest absolute Gasteiger partial charge is 0.325 e. The zero-order chi connectivity index (χ0) is 20.3. The maximum Gasteiger partial charge on any atom is 0.325 e. The summed E-state index contributed by atoms with van der Waals surface area (Å²) in [4.78, 5) is 38.3.